The van der Waals surface area contributed by atoms with E-state index in [1.807, 2.05) is 59.5 Å². The Morgan fingerprint density at radius 2 is 1.44 bits per heavy atom. The Labute approximate surface area is 412 Å². The fourth-order valence-electron chi connectivity index (χ4n) is 12.7. The number of rotatable bonds is 17. The van der Waals surface area contributed by atoms with Gasteiger partial charge < -0.3 is 40.7 Å². The number of hydrogen-bond donors (Lipinski definition) is 5. The maximum Gasteiger partial charge on any atom is 0.407 e. The van der Waals surface area contributed by atoms with Crippen molar-refractivity contribution >= 4 is 41.2 Å². The normalized spacial score (nSPS) is 23.8. The second-order valence-corrected chi connectivity index (χ2v) is 20.7. The van der Waals surface area contributed by atoms with Crippen molar-refractivity contribution < 1.29 is 38.6 Å². The largest absolute Gasteiger partial charge is 0.453 e. The molecule has 14 nitrogen and oxygen atoms in total. The first-order valence-corrected chi connectivity index (χ1v) is 25.7. The van der Waals surface area contributed by atoms with E-state index in [4.69, 9.17) is 9.47 Å². The molecule has 4 aliphatic carbocycles. The molecule has 3 aromatic rings. The number of alkyl carbamates (subject to hydrolysis) is 2. The lowest BCUT2D eigenvalue weighted by Gasteiger charge is -2.36. The van der Waals surface area contributed by atoms with Crippen LogP contribution in [0.4, 0.5) is 15.3 Å². The second-order valence-electron chi connectivity index (χ2n) is 20.7. The summed E-state index contributed by atoms with van der Waals surface area (Å²) in [5, 5.41) is 24.3. The summed E-state index contributed by atoms with van der Waals surface area (Å²) in [6.45, 7) is 4.97. The smallest absolute Gasteiger partial charge is 0.407 e. The van der Waals surface area contributed by atoms with E-state index < -0.39 is 42.6 Å². The van der Waals surface area contributed by atoms with Crippen molar-refractivity contribution in [2.75, 3.05) is 26.1 Å². The number of amides is 5. The van der Waals surface area contributed by atoms with Gasteiger partial charge in [0.25, 0.3) is 5.91 Å². The summed E-state index contributed by atoms with van der Waals surface area (Å²) < 4.78 is 9.89. The number of carbonyl (C=O) groups excluding carboxylic acids is 5. The number of fused-ring (bicyclic) bond motifs is 3. The number of nitrogens with zero attached hydrogens (tertiary/aromatic N) is 2. The quantitative estimate of drug-likeness (QED) is 0.0884. The number of aliphatic hydroxyl groups is 1. The summed E-state index contributed by atoms with van der Waals surface area (Å²) in [5.74, 6) is -0.526. The first-order chi connectivity index (χ1) is 33.9. The molecule has 14 heteroatoms. The van der Waals surface area contributed by atoms with Gasteiger partial charge in [0.15, 0.2) is 0 Å². The van der Waals surface area contributed by atoms with Crippen LogP contribution in [0.3, 0.4) is 0 Å². The third-order valence-electron chi connectivity index (χ3n) is 16.4. The van der Waals surface area contributed by atoms with Gasteiger partial charge in [0, 0.05) is 29.4 Å². The van der Waals surface area contributed by atoms with E-state index in [0.717, 1.165) is 82.7 Å². The van der Waals surface area contributed by atoms with Crippen LogP contribution in [-0.4, -0.2) is 89.9 Å². The average Bonchev–Trinajstić information content (AvgIpc) is 3.64. The van der Waals surface area contributed by atoms with Gasteiger partial charge in [0.1, 0.15) is 18.3 Å². The zero-order chi connectivity index (χ0) is 49.2. The zero-order valence-corrected chi connectivity index (χ0v) is 41.1. The van der Waals surface area contributed by atoms with Gasteiger partial charge in [0.05, 0.1) is 26.3 Å². The summed E-state index contributed by atoms with van der Waals surface area (Å²) in [6, 6.07) is 21.5. The Hall–Kier alpha value is -5.99. The Bertz CT molecular complexity index is 2500. The standard InChI is InChI=1S/C56H70N6O8/c1-5-7-26-56(27-8-6-2)42-31-38(57-49(63)45-30-37-20-15-21-44(37)62(45)52(66)48(60-54(68)70-4)36-18-13-10-14-19-36)22-24-40(42)41-25-23-39(32-43(41)56)58-50(64)46-33-55(28-29-55)34-61(46)51(65)47(59-53(67)69-3)35-16-11-9-12-17-35/h9-14,16-19,22,24,31-32,37,44-48,51,65H,5-8,15,20-21,23,25-30,33-34H2,1-4H3,(H,57,63)(H,58,64)(H,59,67)(H,60,68)/t37-,44-,45+,46+,47-,48-,51?/m1/s1. The van der Waals surface area contributed by atoms with E-state index in [9.17, 15) is 29.1 Å². The van der Waals surface area contributed by atoms with Crippen LogP contribution in [0.5, 0.6) is 0 Å². The number of hydrogen-bond acceptors (Lipinski definition) is 9. The number of carbonyl (C=O) groups is 5. The number of benzene rings is 3. The lowest BCUT2D eigenvalue weighted by atomic mass is 9.69. The van der Waals surface area contributed by atoms with E-state index in [1.54, 1.807) is 17.0 Å². The minimum absolute atomic E-state index is 0.0431. The molecule has 9 rings (SSSR count). The SMILES string of the molecule is CCCCC1(CCCC)C2=C(CCC(NC(=O)[C@@H]3CC4(CC4)CN3C(O)[C@H](NC(=O)OC)c3ccccc3)=C2)c2ccc(NC(=O)[C@@H]3C[C@H]4CCC[C@H]4N3C(=O)[C@H](NC(=O)OC)c3ccccc3)cc21. The van der Waals surface area contributed by atoms with Crippen LogP contribution in [-0.2, 0) is 29.3 Å². The van der Waals surface area contributed by atoms with Gasteiger partial charge in [-0.15, -0.1) is 0 Å². The summed E-state index contributed by atoms with van der Waals surface area (Å²) in [7, 11) is 2.57. The molecular formula is C56H70N6O8. The molecule has 5 N–H and O–H groups in total. The van der Waals surface area contributed by atoms with Crippen molar-refractivity contribution in [3.05, 3.63) is 118 Å². The van der Waals surface area contributed by atoms with Gasteiger partial charge in [-0.2, -0.15) is 0 Å². The van der Waals surface area contributed by atoms with Gasteiger partial charge >= 0.3 is 12.2 Å². The molecule has 7 atom stereocenters. The van der Waals surface area contributed by atoms with E-state index in [0.29, 0.717) is 42.6 Å². The molecule has 2 saturated heterocycles. The van der Waals surface area contributed by atoms with Gasteiger partial charge in [-0.05, 0) is 127 Å². The third-order valence-corrected chi connectivity index (χ3v) is 16.4. The van der Waals surface area contributed by atoms with Crippen molar-refractivity contribution in [3.8, 4) is 0 Å². The number of likely N-dealkylation sites (tertiary alicyclic amines) is 2. The molecule has 6 aliphatic rings. The van der Waals surface area contributed by atoms with Gasteiger partial charge in [0.2, 0.25) is 11.8 Å². The summed E-state index contributed by atoms with van der Waals surface area (Å²) >= 11 is 0. The van der Waals surface area contributed by atoms with Crippen LogP contribution in [0.25, 0.3) is 5.57 Å². The topological polar surface area (TPSA) is 179 Å². The zero-order valence-electron chi connectivity index (χ0n) is 41.1. The van der Waals surface area contributed by atoms with Crippen LogP contribution >= 0.6 is 0 Å². The highest BCUT2D eigenvalue weighted by Gasteiger charge is 2.57. The number of unbranched alkanes of at least 4 members (excludes halogenated alkanes) is 2. The van der Waals surface area contributed by atoms with Crippen molar-refractivity contribution in [3.63, 3.8) is 0 Å². The van der Waals surface area contributed by atoms with Crippen LogP contribution in [0, 0.1) is 11.3 Å². The Balaban J connectivity index is 0.979. The second kappa shape index (κ2) is 20.8. The first-order valence-electron chi connectivity index (χ1n) is 25.7. The minimum Gasteiger partial charge on any atom is -0.453 e. The lowest BCUT2D eigenvalue weighted by Crippen LogP contribution is -2.52. The van der Waals surface area contributed by atoms with E-state index >= 15 is 0 Å². The molecule has 1 unspecified atom stereocenters. The van der Waals surface area contributed by atoms with Crippen LogP contribution in [0.15, 0.2) is 96.2 Å². The molecule has 2 heterocycles. The van der Waals surface area contributed by atoms with Crippen molar-refractivity contribution in [2.24, 2.45) is 11.3 Å². The molecule has 3 aromatic carbocycles. The highest BCUT2D eigenvalue weighted by Crippen LogP contribution is 2.58. The number of methoxy groups -OCH3 is 2. The first kappa shape index (κ1) is 49.0. The highest BCUT2D eigenvalue weighted by atomic mass is 16.5. The van der Waals surface area contributed by atoms with E-state index in [1.165, 1.54) is 36.5 Å². The third kappa shape index (κ3) is 9.61. The molecule has 0 bridgehead atoms. The maximum absolute atomic E-state index is 14.7. The predicted molar refractivity (Wildman–Crippen MR) is 267 cm³/mol. The maximum atomic E-state index is 14.7. The summed E-state index contributed by atoms with van der Waals surface area (Å²) in [6.07, 6.45) is 12.7. The molecule has 5 amide bonds. The molecule has 0 radical (unpaired) electrons. The minimum atomic E-state index is -1.17. The number of aliphatic hydroxyl groups excluding tert-OH is 1. The summed E-state index contributed by atoms with van der Waals surface area (Å²) in [5.41, 5.74) is 7.35. The highest BCUT2D eigenvalue weighted by molar-refractivity contribution is 6.00. The Kier molecular flexibility index (Phi) is 14.5. The van der Waals surface area contributed by atoms with Gasteiger partial charge in [-0.1, -0.05) is 113 Å². The van der Waals surface area contributed by atoms with Crippen LogP contribution in [0.2, 0.25) is 0 Å². The summed E-state index contributed by atoms with van der Waals surface area (Å²) in [4.78, 5) is 72.8. The number of ether oxygens (including phenoxy) is 2. The van der Waals surface area contributed by atoms with E-state index in [-0.39, 0.29) is 40.5 Å². The Morgan fingerprint density at radius 3 is 2.10 bits per heavy atom. The van der Waals surface area contributed by atoms with Crippen LogP contribution < -0.4 is 21.3 Å². The molecule has 2 saturated carbocycles. The predicted octanol–water partition coefficient (Wildman–Crippen LogP) is 8.94. The number of anilines is 1. The average molecular weight is 955 g/mol. The van der Waals surface area contributed by atoms with Gasteiger partial charge in [-0.25, -0.2) is 9.59 Å². The molecule has 4 fully saturated rings. The van der Waals surface area contributed by atoms with Crippen molar-refractivity contribution in [1.29, 1.82) is 0 Å². The van der Waals surface area contributed by atoms with Gasteiger partial charge in [-0.3, -0.25) is 19.3 Å². The molecule has 2 aliphatic heterocycles. The fraction of sp³-hybridized carbons (Fsp3) is 0.518. The molecule has 372 valence electrons. The number of allylic oxidation sites excluding steroid dienone is 4. The monoisotopic (exact) mass is 955 g/mol. The van der Waals surface area contributed by atoms with Crippen molar-refractivity contribution in [1.82, 2.24) is 25.8 Å². The molecule has 0 aromatic heterocycles. The lowest BCUT2D eigenvalue weighted by molar-refractivity contribution is -0.140. The van der Waals surface area contributed by atoms with Crippen molar-refractivity contribution in [2.45, 2.75) is 152 Å². The Morgan fingerprint density at radius 1 is 0.786 bits per heavy atom. The fourth-order valence-corrected chi connectivity index (χ4v) is 12.7. The van der Waals surface area contributed by atoms with Crippen LogP contribution in [0.1, 0.15) is 144 Å². The molecular weight excluding hydrogens is 885 g/mol. The van der Waals surface area contributed by atoms with E-state index in [2.05, 4.69) is 53.3 Å². The number of nitrogens with one attached hydrogen (secondary N) is 4. The molecule has 70 heavy (non-hydrogen) atoms. The molecule has 1 spiro atoms.